The highest BCUT2D eigenvalue weighted by Crippen LogP contribution is 1.91. The van der Waals surface area contributed by atoms with Gasteiger partial charge >= 0.3 is 11.7 Å². The quantitative estimate of drug-likeness (QED) is 0.254. The lowest BCUT2D eigenvalue weighted by Crippen LogP contribution is -2.20. The highest BCUT2D eigenvalue weighted by atomic mass is 16.5. The summed E-state index contributed by atoms with van der Waals surface area (Å²) in [5.74, 6) is -0.583. The minimum absolute atomic E-state index is 0.0544. The summed E-state index contributed by atoms with van der Waals surface area (Å²) in [5.41, 5.74) is 8.04. The summed E-state index contributed by atoms with van der Waals surface area (Å²) < 4.78 is 4.46. The Kier molecular flexibility index (Phi) is 1.42. The largest absolute Gasteiger partial charge is 0.453 e. The van der Waals surface area contributed by atoms with Gasteiger partial charge in [0.25, 0.3) is 0 Å². The van der Waals surface area contributed by atoms with E-state index in [2.05, 4.69) is 9.53 Å². The highest BCUT2D eigenvalue weighted by Gasteiger charge is 2.20. The summed E-state index contributed by atoms with van der Waals surface area (Å²) >= 11 is 0. The van der Waals surface area contributed by atoms with Gasteiger partial charge in [0.2, 0.25) is 0 Å². The molecule has 0 aromatic carbocycles. The second-order valence-corrected chi connectivity index (χ2v) is 1.49. The maximum atomic E-state index is 10.5. The fourth-order valence-corrected chi connectivity index (χ4v) is 0.500. The van der Waals surface area contributed by atoms with Crippen molar-refractivity contribution in [2.75, 3.05) is 6.61 Å². The van der Waals surface area contributed by atoms with Gasteiger partial charge in [-0.2, -0.15) is 4.79 Å². The summed E-state index contributed by atoms with van der Waals surface area (Å²) in [6.45, 7) is 0.262. The van der Waals surface area contributed by atoms with Crippen molar-refractivity contribution in [1.82, 2.24) is 0 Å². The van der Waals surface area contributed by atoms with E-state index >= 15 is 0 Å². The molecule has 0 saturated heterocycles. The van der Waals surface area contributed by atoms with E-state index in [-0.39, 0.29) is 12.3 Å². The summed E-state index contributed by atoms with van der Waals surface area (Å²) in [7, 11) is 0. The highest BCUT2D eigenvalue weighted by molar-refractivity contribution is 6.39. The second kappa shape index (κ2) is 2.24. The lowest BCUT2D eigenvalue weighted by molar-refractivity contribution is -0.139. The minimum atomic E-state index is -0.583. The Hall–Kier alpha value is -1.41. The Morgan fingerprint density at radius 2 is 2.56 bits per heavy atom. The molecule has 0 radical (unpaired) electrons. The first-order valence-corrected chi connectivity index (χ1v) is 2.40. The van der Waals surface area contributed by atoms with Crippen LogP contribution in [0.5, 0.6) is 0 Å². The lowest BCUT2D eigenvalue weighted by atomic mass is 10.3. The summed E-state index contributed by atoms with van der Waals surface area (Å²) in [4.78, 5) is 13.1. The van der Waals surface area contributed by atoms with Gasteiger partial charge in [0.1, 0.15) is 6.61 Å². The van der Waals surface area contributed by atoms with E-state index in [0.29, 0.717) is 0 Å². The zero-order valence-corrected chi connectivity index (χ0v) is 4.57. The van der Waals surface area contributed by atoms with Gasteiger partial charge in [-0.3, -0.25) is 0 Å². The number of hydrogen-bond donors (Lipinski definition) is 0. The van der Waals surface area contributed by atoms with Crippen LogP contribution < -0.4 is 0 Å². The zero-order valence-electron chi connectivity index (χ0n) is 4.57. The first kappa shape index (κ1) is 5.72. The number of carbonyl (C=O) groups excluding carboxylic acids is 1. The molecular weight excluding hydrogens is 120 g/mol. The molecule has 0 N–H and O–H groups in total. The Morgan fingerprint density at radius 1 is 1.78 bits per heavy atom. The fourth-order valence-electron chi connectivity index (χ4n) is 0.500. The zero-order chi connectivity index (χ0) is 6.69. The van der Waals surface area contributed by atoms with Crippen molar-refractivity contribution in [2.24, 2.45) is 0 Å². The third-order valence-corrected chi connectivity index (χ3v) is 0.903. The second-order valence-electron chi connectivity index (χ2n) is 1.49. The molecule has 1 rings (SSSR count). The number of carbonyl (C=O) groups is 1. The molecule has 0 atom stereocenters. The minimum Gasteiger partial charge on any atom is -0.453 e. The van der Waals surface area contributed by atoms with Crippen LogP contribution in [-0.2, 0) is 9.53 Å². The predicted octanol–water partition coefficient (Wildman–Crippen LogP) is -0.230. The Balaban J connectivity index is 2.94. The molecule has 1 aliphatic heterocycles. The van der Waals surface area contributed by atoms with E-state index in [1.165, 1.54) is 6.08 Å². The molecular formula is C5H4N2O2. The molecule has 0 fully saturated rings. The van der Waals surface area contributed by atoms with E-state index in [4.69, 9.17) is 5.53 Å². The molecule has 0 bridgehead atoms. The van der Waals surface area contributed by atoms with Crippen LogP contribution in [0.4, 0.5) is 0 Å². The Morgan fingerprint density at radius 3 is 3.00 bits per heavy atom. The monoisotopic (exact) mass is 124 g/mol. The molecule has 1 heterocycles. The Bertz CT molecular complexity index is 213. The Labute approximate surface area is 51.4 Å². The van der Waals surface area contributed by atoms with Crippen LogP contribution in [0.2, 0.25) is 0 Å². The molecule has 4 heteroatoms. The summed E-state index contributed by atoms with van der Waals surface area (Å²) in [6, 6.07) is 0. The number of ether oxygens (including phenoxy) is 1. The van der Waals surface area contributed by atoms with Crippen LogP contribution in [0.15, 0.2) is 12.2 Å². The van der Waals surface area contributed by atoms with Crippen molar-refractivity contribution in [3.63, 3.8) is 0 Å². The molecule has 0 saturated carbocycles. The number of hydrogen-bond acceptors (Lipinski definition) is 2. The number of nitrogens with zero attached hydrogens (tertiary/aromatic N) is 2. The van der Waals surface area contributed by atoms with Crippen molar-refractivity contribution in [3.8, 4) is 0 Å². The molecule has 0 aliphatic carbocycles. The topological polar surface area (TPSA) is 62.7 Å². The van der Waals surface area contributed by atoms with Gasteiger partial charge in [0.15, 0.2) is 0 Å². The standard InChI is InChI=1S/C5H4N2O2/c6-7-4-2-1-3-9-5(4)8/h1-2H,3H2. The van der Waals surface area contributed by atoms with Crippen molar-refractivity contribution in [1.29, 1.82) is 0 Å². The average molecular weight is 124 g/mol. The van der Waals surface area contributed by atoms with Crippen LogP contribution >= 0.6 is 0 Å². The SMILES string of the molecule is [N-]=[N+]=C1C=CCOC1=O. The molecule has 9 heavy (non-hydrogen) atoms. The van der Waals surface area contributed by atoms with Gasteiger partial charge in [0, 0.05) is 6.08 Å². The molecule has 0 unspecified atom stereocenters. The molecule has 0 spiro atoms. The molecule has 0 aromatic heterocycles. The normalized spacial score (nSPS) is 16.9. The van der Waals surface area contributed by atoms with E-state index in [9.17, 15) is 4.79 Å². The van der Waals surface area contributed by atoms with Crippen LogP contribution in [0, 0.1) is 0 Å². The smallest absolute Gasteiger partial charge is 0.421 e. The van der Waals surface area contributed by atoms with Crippen molar-refractivity contribution < 1.29 is 14.3 Å². The van der Waals surface area contributed by atoms with Gasteiger partial charge in [-0.25, -0.2) is 4.79 Å². The van der Waals surface area contributed by atoms with E-state index in [1.54, 1.807) is 6.08 Å². The third kappa shape index (κ3) is 1.03. The average Bonchev–Trinajstić information content (AvgIpc) is 1.89. The maximum absolute atomic E-state index is 10.5. The fraction of sp³-hybridized carbons (Fsp3) is 0.200. The van der Waals surface area contributed by atoms with Crippen LogP contribution in [-0.4, -0.2) is 23.1 Å². The van der Waals surface area contributed by atoms with E-state index in [1.807, 2.05) is 0 Å². The van der Waals surface area contributed by atoms with Crippen molar-refractivity contribution in [3.05, 3.63) is 17.7 Å². The van der Waals surface area contributed by atoms with Gasteiger partial charge in [-0.1, -0.05) is 0 Å². The predicted molar refractivity (Wildman–Crippen MR) is 28.7 cm³/mol. The van der Waals surface area contributed by atoms with E-state index in [0.717, 1.165) is 0 Å². The van der Waals surface area contributed by atoms with Crippen LogP contribution in [0.3, 0.4) is 0 Å². The molecule has 4 nitrogen and oxygen atoms in total. The van der Waals surface area contributed by atoms with Gasteiger partial charge in [-0.05, 0) is 6.08 Å². The summed E-state index contributed by atoms with van der Waals surface area (Å²) in [5, 5.41) is 0. The number of cyclic esters (lactones) is 1. The summed E-state index contributed by atoms with van der Waals surface area (Å²) in [6.07, 6.45) is 3.00. The van der Waals surface area contributed by atoms with Gasteiger partial charge in [0.05, 0.1) is 0 Å². The number of esters is 1. The molecule has 46 valence electrons. The van der Waals surface area contributed by atoms with Crippen molar-refractivity contribution in [2.45, 2.75) is 0 Å². The van der Waals surface area contributed by atoms with Crippen LogP contribution in [0.25, 0.3) is 5.53 Å². The number of rotatable bonds is 0. The third-order valence-electron chi connectivity index (χ3n) is 0.903. The van der Waals surface area contributed by atoms with E-state index < -0.39 is 5.97 Å². The maximum Gasteiger partial charge on any atom is 0.421 e. The van der Waals surface area contributed by atoms with Crippen molar-refractivity contribution >= 4 is 11.7 Å². The first-order valence-electron chi connectivity index (χ1n) is 2.40. The molecule has 1 aliphatic rings. The van der Waals surface area contributed by atoms with Gasteiger partial charge in [-0.15, -0.1) is 0 Å². The molecule has 0 aromatic rings. The first-order chi connectivity index (χ1) is 4.34. The van der Waals surface area contributed by atoms with Gasteiger partial charge < -0.3 is 10.3 Å². The lowest BCUT2D eigenvalue weighted by Gasteiger charge is -1.98. The van der Waals surface area contributed by atoms with Crippen LogP contribution in [0.1, 0.15) is 0 Å². The molecule has 0 amide bonds.